The molecular formula is C26H29N5O3S. The summed E-state index contributed by atoms with van der Waals surface area (Å²) in [5.74, 6) is 1.79. The third-order valence-electron chi connectivity index (χ3n) is 6.48. The van der Waals surface area contributed by atoms with E-state index in [0.29, 0.717) is 43.1 Å². The number of aromatic nitrogens is 1. The highest BCUT2D eigenvalue weighted by molar-refractivity contribution is 7.99. The van der Waals surface area contributed by atoms with E-state index >= 15 is 0 Å². The number of hydrogen-bond acceptors (Lipinski definition) is 5. The normalized spacial score (nSPS) is 16.9. The lowest BCUT2D eigenvalue weighted by Crippen LogP contribution is -2.50. The van der Waals surface area contributed by atoms with Crippen LogP contribution in [0.2, 0.25) is 0 Å². The molecule has 0 unspecified atom stereocenters. The Morgan fingerprint density at radius 1 is 0.829 bits per heavy atom. The molecule has 3 amide bonds. The monoisotopic (exact) mass is 491 g/mol. The van der Waals surface area contributed by atoms with Crippen molar-refractivity contribution in [1.82, 2.24) is 19.7 Å². The molecule has 2 fully saturated rings. The number of thioether (sulfide) groups is 1. The molecule has 9 heteroatoms. The maximum Gasteiger partial charge on any atom is 0.270 e. The van der Waals surface area contributed by atoms with E-state index in [-0.39, 0.29) is 24.3 Å². The van der Waals surface area contributed by atoms with Crippen LogP contribution in [0.4, 0.5) is 5.69 Å². The molecule has 0 saturated carbocycles. The largest absolute Gasteiger partial charge is 0.351 e. The van der Waals surface area contributed by atoms with Gasteiger partial charge in [-0.15, -0.1) is 0 Å². The van der Waals surface area contributed by atoms with Gasteiger partial charge in [0.1, 0.15) is 5.69 Å². The second-order valence-electron chi connectivity index (χ2n) is 8.87. The second kappa shape index (κ2) is 10.5. The summed E-state index contributed by atoms with van der Waals surface area (Å²) in [5, 5.41) is 3.94. The number of rotatable bonds is 5. The number of para-hydroxylation sites is 1. The molecule has 0 spiro atoms. The quantitative estimate of drug-likeness (QED) is 0.573. The summed E-state index contributed by atoms with van der Waals surface area (Å²) >= 11 is 1.86. The van der Waals surface area contributed by atoms with Crippen LogP contribution >= 0.6 is 11.8 Å². The van der Waals surface area contributed by atoms with Crippen molar-refractivity contribution in [2.45, 2.75) is 0 Å². The number of aromatic amines is 1. The molecular weight excluding hydrogens is 462 g/mol. The fourth-order valence-corrected chi connectivity index (χ4v) is 5.45. The van der Waals surface area contributed by atoms with Crippen LogP contribution in [-0.4, -0.2) is 94.7 Å². The number of carbonyl (C=O) groups is 3. The third kappa shape index (κ3) is 5.52. The molecule has 2 aromatic carbocycles. The summed E-state index contributed by atoms with van der Waals surface area (Å²) in [5.41, 5.74) is 2.76. The molecule has 35 heavy (non-hydrogen) atoms. The molecule has 2 saturated heterocycles. The van der Waals surface area contributed by atoms with Crippen LogP contribution in [0.15, 0.2) is 54.6 Å². The SMILES string of the molecule is O=C(CN1CCN(C(=O)c2cc3ccccc3[nH]2)CC1)Nc1cccc(C(=O)N2CCSCC2)c1. The van der Waals surface area contributed by atoms with Crippen LogP contribution in [0.3, 0.4) is 0 Å². The van der Waals surface area contributed by atoms with Gasteiger partial charge in [0.05, 0.1) is 6.54 Å². The van der Waals surface area contributed by atoms with Gasteiger partial charge in [-0.3, -0.25) is 19.3 Å². The topological polar surface area (TPSA) is 88.7 Å². The van der Waals surface area contributed by atoms with Crippen LogP contribution in [-0.2, 0) is 4.79 Å². The molecule has 2 aliphatic rings. The van der Waals surface area contributed by atoms with Crippen LogP contribution in [0.1, 0.15) is 20.8 Å². The van der Waals surface area contributed by atoms with Crippen LogP contribution in [0, 0.1) is 0 Å². The first kappa shape index (κ1) is 23.4. The Hall–Kier alpha value is -3.30. The highest BCUT2D eigenvalue weighted by atomic mass is 32.2. The van der Waals surface area contributed by atoms with Crippen molar-refractivity contribution in [3.8, 4) is 0 Å². The first-order valence-corrected chi connectivity index (χ1v) is 13.1. The Morgan fingerprint density at radius 2 is 1.57 bits per heavy atom. The fraction of sp³-hybridized carbons (Fsp3) is 0.346. The number of fused-ring (bicyclic) bond motifs is 1. The Balaban J connectivity index is 1.12. The van der Waals surface area contributed by atoms with Gasteiger partial charge >= 0.3 is 0 Å². The highest BCUT2D eigenvalue weighted by Gasteiger charge is 2.24. The lowest BCUT2D eigenvalue weighted by molar-refractivity contribution is -0.117. The smallest absolute Gasteiger partial charge is 0.270 e. The summed E-state index contributed by atoms with van der Waals surface area (Å²) in [7, 11) is 0. The van der Waals surface area contributed by atoms with Crippen LogP contribution < -0.4 is 5.32 Å². The summed E-state index contributed by atoms with van der Waals surface area (Å²) in [6.07, 6.45) is 0. The minimum atomic E-state index is -0.126. The molecule has 2 aliphatic heterocycles. The van der Waals surface area contributed by atoms with Crippen molar-refractivity contribution >= 4 is 46.1 Å². The van der Waals surface area contributed by atoms with E-state index in [1.165, 1.54) is 0 Å². The number of anilines is 1. The van der Waals surface area contributed by atoms with E-state index in [1.54, 1.807) is 24.3 Å². The third-order valence-corrected chi connectivity index (χ3v) is 7.42. The average Bonchev–Trinajstić information content (AvgIpc) is 3.33. The molecule has 0 radical (unpaired) electrons. The molecule has 0 aliphatic carbocycles. The fourth-order valence-electron chi connectivity index (χ4n) is 4.55. The van der Waals surface area contributed by atoms with Crippen LogP contribution in [0.25, 0.3) is 10.9 Å². The summed E-state index contributed by atoms with van der Waals surface area (Å²) in [6.45, 7) is 4.16. The van der Waals surface area contributed by atoms with E-state index < -0.39 is 0 Å². The van der Waals surface area contributed by atoms with E-state index in [2.05, 4.69) is 10.3 Å². The van der Waals surface area contributed by atoms with Crippen molar-refractivity contribution in [2.75, 3.05) is 62.6 Å². The first-order chi connectivity index (χ1) is 17.1. The van der Waals surface area contributed by atoms with Crippen molar-refractivity contribution in [2.24, 2.45) is 0 Å². The number of amides is 3. The molecule has 2 N–H and O–H groups in total. The van der Waals surface area contributed by atoms with Gasteiger partial charge in [-0.05, 0) is 30.3 Å². The minimum absolute atomic E-state index is 0.0113. The second-order valence-corrected chi connectivity index (χ2v) is 10.1. The van der Waals surface area contributed by atoms with E-state index in [4.69, 9.17) is 0 Å². The predicted molar refractivity (Wildman–Crippen MR) is 139 cm³/mol. The molecule has 5 rings (SSSR count). The summed E-state index contributed by atoms with van der Waals surface area (Å²) < 4.78 is 0. The number of benzene rings is 2. The minimum Gasteiger partial charge on any atom is -0.351 e. The molecule has 8 nitrogen and oxygen atoms in total. The Morgan fingerprint density at radius 3 is 2.34 bits per heavy atom. The Kier molecular flexibility index (Phi) is 7.06. The number of hydrogen-bond donors (Lipinski definition) is 2. The van der Waals surface area contributed by atoms with Gasteiger partial charge in [0.25, 0.3) is 11.8 Å². The maximum absolute atomic E-state index is 12.9. The Bertz CT molecular complexity index is 1200. The van der Waals surface area contributed by atoms with Gasteiger partial charge in [0.2, 0.25) is 5.91 Å². The highest BCUT2D eigenvalue weighted by Crippen LogP contribution is 2.18. The zero-order chi connectivity index (χ0) is 24.2. The molecule has 0 atom stereocenters. The molecule has 3 heterocycles. The number of nitrogens with zero attached hydrogens (tertiary/aromatic N) is 3. The number of H-pyrrole nitrogens is 1. The van der Waals surface area contributed by atoms with Gasteiger partial charge < -0.3 is 20.1 Å². The molecule has 3 aromatic rings. The zero-order valence-corrected chi connectivity index (χ0v) is 20.4. The van der Waals surface area contributed by atoms with Crippen molar-refractivity contribution in [3.05, 3.63) is 65.9 Å². The van der Waals surface area contributed by atoms with Crippen LogP contribution in [0.5, 0.6) is 0 Å². The Labute approximate surface area is 208 Å². The zero-order valence-electron chi connectivity index (χ0n) is 19.5. The van der Waals surface area contributed by atoms with E-state index in [0.717, 1.165) is 35.5 Å². The maximum atomic E-state index is 12.9. The summed E-state index contributed by atoms with van der Waals surface area (Å²) in [4.78, 5) is 47.3. The van der Waals surface area contributed by atoms with E-state index in [1.807, 2.05) is 56.8 Å². The van der Waals surface area contributed by atoms with E-state index in [9.17, 15) is 14.4 Å². The van der Waals surface area contributed by atoms with Gasteiger partial charge in [-0.2, -0.15) is 11.8 Å². The molecule has 182 valence electrons. The lowest BCUT2D eigenvalue weighted by atomic mass is 10.1. The van der Waals surface area contributed by atoms with Gasteiger partial charge in [0.15, 0.2) is 0 Å². The first-order valence-electron chi connectivity index (χ1n) is 11.9. The van der Waals surface area contributed by atoms with Gasteiger partial charge in [0, 0.05) is 72.9 Å². The number of carbonyl (C=O) groups excluding carboxylic acids is 3. The summed E-state index contributed by atoms with van der Waals surface area (Å²) in [6, 6.07) is 16.9. The lowest BCUT2D eigenvalue weighted by Gasteiger charge is -2.34. The predicted octanol–water partition coefficient (Wildman–Crippen LogP) is 2.75. The molecule has 0 bridgehead atoms. The average molecular weight is 492 g/mol. The van der Waals surface area contributed by atoms with Gasteiger partial charge in [-0.25, -0.2) is 0 Å². The number of nitrogens with one attached hydrogen (secondary N) is 2. The van der Waals surface area contributed by atoms with Crippen molar-refractivity contribution < 1.29 is 14.4 Å². The van der Waals surface area contributed by atoms with Crippen molar-refractivity contribution in [1.29, 1.82) is 0 Å². The number of piperazine rings is 1. The standard InChI is InChI=1S/C26H29N5O3S/c32-24(27-21-6-3-5-20(16-21)25(33)31-12-14-35-15-13-31)18-29-8-10-30(11-9-29)26(34)23-17-19-4-1-2-7-22(19)28-23/h1-7,16-17,28H,8-15,18H2,(H,27,32). The van der Waals surface area contributed by atoms with Crippen molar-refractivity contribution in [3.63, 3.8) is 0 Å². The van der Waals surface area contributed by atoms with Gasteiger partial charge in [-0.1, -0.05) is 24.3 Å². The molecule has 1 aromatic heterocycles.